The van der Waals surface area contributed by atoms with E-state index in [-0.39, 0.29) is 16.5 Å². The lowest BCUT2D eigenvalue weighted by Crippen LogP contribution is -2.23. The van der Waals surface area contributed by atoms with Crippen LogP contribution in [-0.4, -0.2) is 30.9 Å². The second-order valence-corrected chi connectivity index (χ2v) is 6.36. The van der Waals surface area contributed by atoms with Gasteiger partial charge in [-0.1, -0.05) is 11.6 Å². The number of nitrogens with zero attached hydrogens (tertiary/aromatic N) is 1. The van der Waals surface area contributed by atoms with Gasteiger partial charge in [0.2, 0.25) is 5.91 Å². The first kappa shape index (κ1) is 18.8. The van der Waals surface area contributed by atoms with E-state index in [0.717, 1.165) is 18.2 Å². The zero-order valence-corrected chi connectivity index (χ0v) is 15.0. The summed E-state index contributed by atoms with van der Waals surface area (Å²) in [7, 11) is 0. The van der Waals surface area contributed by atoms with Crippen molar-refractivity contribution in [3.8, 4) is 0 Å². The molecule has 0 saturated carbocycles. The van der Waals surface area contributed by atoms with Gasteiger partial charge in [-0.15, -0.1) is 0 Å². The van der Waals surface area contributed by atoms with Crippen LogP contribution < -0.4 is 10.2 Å². The molecule has 0 aliphatic carbocycles. The highest BCUT2D eigenvalue weighted by Gasteiger charge is 2.21. The monoisotopic (exact) mass is 390 g/mol. The van der Waals surface area contributed by atoms with E-state index in [1.807, 2.05) is 0 Å². The third-order valence-corrected chi connectivity index (χ3v) is 4.32. The van der Waals surface area contributed by atoms with Crippen LogP contribution in [0.1, 0.15) is 23.2 Å². The molecule has 0 atom stereocenters. The highest BCUT2D eigenvalue weighted by Crippen LogP contribution is 2.22. The van der Waals surface area contributed by atoms with E-state index in [9.17, 15) is 18.8 Å². The van der Waals surface area contributed by atoms with Gasteiger partial charge in [-0.3, -0.25) is 9.59 Å². The van der Waals surface area contributed by atoms with E-state index < -0.39 is 24.3 Å². The third-order valence-electron chi connectivity index (χ3n) is 4.03. The summed E-state index contributed by atoms with van der Waals surface area (Å²) >= 11 is 5.64. The van der Waals surface area contributed by atoms with Crippen molar-refractivity contribution in [3.63, 3.8) is 0 Å². The van der Waals surface area contributed by atoms with E-state index in [0.29, 0.717) is 18.7 Å². The molecule has 27 heavy (non-hydrogen) atoms. The average Bonchev–Trinajstić information content (AvgIpc) is 3.09. The summed E-state index contributed by atoms with van der Waals surface area (Å²) in [5.74, 6) is -1.78. The first-order valence-electron chi connectivity index (χ1n) is 8.26. The Morgan fingerprint density at radius 3 is 2.56 bits per heavy atom. The number of halogens is 2. The van der Waals surface area contributed by atoms with Crippen LogP contribution in [0.3, 0.4) is 0 Å². The van der Waals surface area contributed by atoms with Crippen LogP contribution in [0.2, 0.25) is 5.02 Å². The number of hydrogen-bond donors (Lipinski definition) is 1. The zero-order valence-electron chi connectivity index (χ0n) is 14.2. The summed E-state index contributed by atoms with van der Waals surface area (Å²) in [6, 6.07) is 10.1. The number of rotatable bonds is 5. The molecular weight excluding hydrogens is 375 g/mol. The number of amides is 2. The van der Waals surface area contributed by atoms with Crippen molar-refractivity contribution in [2.45, 2.75) is 12.8 Å². The lowest BCUT2D eigenvalue weighted by Gasteiger charge is -2.15. The Balaban J connectivity index is 1.53. The summed E-state index contributed by atoms with van der Waals surface area (Å²) in [6.07, 6.45) is 1.34. The standard InChI is InChI=1S/C19H16ClFN2O4/c20-15-10-13(5-8-16(15)21)22-17(24)11-27-19(26)12-3-6-14(7-4-12)23-9-1-2-18(23)25/h3-8,10H,1-2,9,11H2,(H,22,24). The van der Waals surface area contributed by atoms with Gasteiger partial charge in [-0.2, -0.15) is 0 Å². The average molecular weight is 391 g/mol. The molecule has 8 heteroatoms. The van der Waals surface area contributed by atoms with Crippen molar-refractivity contribution >= 4 is 40.8 Å². The van der Waals surface area contributed by atoms with Gasteiger partial charge >= 0.3 is 5.97 Å². The summed E-state index contributed by atoms with van der Waals surface area (Å²) in [4.78, 5) is 37.3. The highest BCUT2D eigenvalue weighted by molar-refractivity contribution is 6.31. The molecule has 2 amide bonds. The maximum absolute atomic E-state index is 13.1. The van der Waals surface area contributed by atoms with Gasteiger partial charge < -0.3 is 15.0 Å². The minimum Gasteiger partial charge on any atom is -0.452 e. The number of hydrogen-bond acceptors (Lipinski definition) is 4. The first-order valence-corrected chi connectivity index (χ1v) is 8.64. The van der Waals surface area contributed by atoms with E-state index in [4.69, 9.17) is 16.3 Å². The minimum atomic E-state index is -0.665. The Hall–Kier alpha value is -2.93. The van der Waals surface area contributed by atoms with Crippen LogP contribution in [0.4, 0.5) is 15.8 Å². The first-order chi connectivity index (χ1) is 12.9. The molecule has 140 valence electrons. The molecule has 0 aromatic heterocycles. The molecule has 1 heterocycles. The summed E-state index contributed by atoms with van der Waals surface area (Å²) < 4.78 is 18.1. The van der Waals surface area contributed by atoms with E-state index in [1.165, 1.54) is 12.1 Å². The molecular formula is C19H16ClFN2O4. The summed E-state index contributed by atoms with van der Waals surface area (Å²) in [5, 5.41) is 2.33. The third kappa shape index (κ3) is 4.62. The number of ether oxygens (including phenoxy) is 1. The number of anilines is 2. The molecule has 6 nitrogen and oxygen atoms in total. The van der Waals surface area contributed by atoms with Crippen molar-refractivity contribution in [1.29, 1.82) is 0 Å². The Bertz CT molecular complexity index is 886. The Labute approximate surface area is 159 Å². The van der Waals surface area contributed by atoms with Crippen molar-refractivity contribution in [1.82, 2.24) is 0 Å². The summed E-state index contributed by atoms with van der Waals surface area (Å²) in [6.45, 7) is 0.163. The van der Waals surface area contributed by atoms with Gasteiger partial charge in [0.25, 0.3) is 5.91 Å². The fraction of sp³-hybridized carbons (Fsp3) is 0.211. The molecule has 2 aromatic rings. The molecule has 0 radical (unpaired) electrons. The molecule has 1 saturated heterocycles. The van der Waals surface area contributed by atoms with Crippen LogP contribution in [-0.2, 0) is 14.3 Å². The number of benzene rings is 2. The highest BCUT2D eigenvalue weighted by atomic mass is 35.5. The maximum atomic E-state index is 13.1. The SMILES string of the molecule is O=C(COC(=O)c1ccc(N2CCCC2=O)cc1)Nc1ccc(F)c(Cl)c1. The smallest absolute Gasteiger partial charge is 0.338 e. The van der Waals surface area contributed by atoms with Crippen LogP contribution in [0.25, 0.3) is 0 Å². The maximum Gasteiger partial charge on any atom is 0.338 e. The topological polar surface area (TPSA) is 75.7 Å². The lowest BCUT2D eigenvalue weighted by atomic mass is 10.2. The molecule has 0 spiro atoms. The van der Waals surface area contributed by atoms with Gasteiger partial charge in [-0.25, -0.2) is 9.18 Å². The van der Waals surface area contributed by atoms with Gasteiger partial charge in [0.1, 0.15) is 5.82 Å². The zero-order chi connectivity index (χ0) is 19.4. The summed E-state index contributed by atoms with van der Waals surface area (Å²) in [5.41, 5.74) is 1.28. The second-order valence-electron chi connectivity index (χ2n) is 5.95. The quantitative estimate of drug-likeness (QED) is 0.794. The fourth-order valence-corrected chi connectivity index (χ4v) is 2.86. The number of nitrogens with one attached hydrogen (secondary N) is 1. The van der Waals surface area contributed by atoms with Crippen molar-refractivity contribution in [3.05, 3.63) is 58.9 Å². The largest absolute Gasteiger partial charge is 0.452 e. The fourth-order valence-electron chi connectivity index (χ4n) is 2.68. The Kier molecular flexibility index (Phi) is 5.71. The van der Waals surface area contributed by atoms with Gasteiger partial charge in [-0.05, 0) is 48.9 Å². The van der Waals surface area contributed by atoms with Crippen molar-refractivity contribution in [2.24, 2.45) is 0 Å². The molecule has 2 aromatic carbocycles. The molecule has 0 bridgehead atoms. The Morgan fingerprint density at radius 2 is 1.93 bits per heavy atom. The molecule has 1 N–H and O–H groups in total. The normalized spacial score (nSPS) is 13.6. The van der Waals surface area contributed by atoms with Crippen molar-refractivity contribution < 1.29 is 23.5 Å². The van der Waals surface area contributed by atoms with Crippen LogP contribution in [0.15, 0.2) is 42.5 Å². The van der Waals surface area contributed by atoms with E-state index in [1.54, 1.807) is 29.2 Å². The predicted molar refractivity (Wildman–Crippen MR) is 98.4 cm³/mol. The number of carbonyl (C=O) groups is 3. The van der Waals surface area contributed by atoms with Crippen molar-refractivity contribution in [2.75, 3.05) is 23.4 Å². The van der Waals surface area contributed by atoms with Crippen LogP contribution >= 0.6 is 11.6 Å². The molecule has 3 rings (SSSR count). The van der Waals surface area contributed by atoms with Gasteiger partial charge in [0.15, 0.2) is 6.61 Å². The second kappa shape index (κ2) is 8.18. The van der Waals surface area contributed by atoms with Gasteiger partial charge in [0, 0.05) is 24.3 Å². The van der Waals surface area contributed by atoms with E-state index in [2.05, 4.69) is 5.32 Å². The molecule has 1 aliphatic rings. The Morgan fingerprint density at radius 1 is 1.19 bits per heavy atom. The van der Waals surface area contributed by atoms with Crippen LogP contribution in [0.5, 0.6) is 0 Å². The van der Waals surface area contributed by atoms with Crippen LogP contribution in [0, 0.1) is 5.82 Å². The lowest BCUT2D eigenvalue weighted by molar-refractivity contribution is -0.119. The molecule has 0 unspecified atom stereocenters. The van der Waals surface area contributed by atoms with E-state index >= 15 is 0 Å². The predicted octanol–water partition coefficient (Wildman–Crippen LogP) is 3.40. The minimum absolute atomic E-state index is 0.0582. The number of esters is 1. The molecule has 1 aliphatic heterocycles. The molecule has 1 fully saturated rings. The number of carbonyl (C=O) groups excluding carboxylic acids is 3. The van der Waals surface area contributed by atoms with Gasteiger partial charge in [0.05, 0.1) is 10.6 Å².